The van der Waals surface area contributed by atoms with Crippen molar-refractivity contribution in [1.29, 1.82) is 0 Å². The van der Waals surface area contributed by atoms with E-state index in [1.807, 2.05) is 0 Å². The molecule has 0 saturated heterocycles. The molecule has 4 rings (SSSR count). The van der Waals surface area contributed by atoms with E-state index in [1.54, 1.807) is 0 Å². The molecule has 2 fully saturated rings. The average molecular weight is 468 g/mol. The van der Waals surface area contributed by atoms with Crippen LogP contribution in [0, 0.1) is 34.5 Å². The molecule has 3 aliphatic rings. The van der Waals surface area contributed by atoms with Crippen LogP contribution in [-0.4, -0.2) is 31.2 Å². The van der Waals surface area contributed by atoms with Gasteiger partial charge in [-0.1, -0.05) is 50.3 Å². The Hall–Kier alpha value is -2.14. The molecule has 34 heavy (non-hydrogen) atoms. The van der Waals surface area contributed by atoms with Gasteiger partial charge in [-0.2, -0.15) is 0 Å². The van der Waals surface area contributed by atoms with Crippen LogP contribution in [0.3, 0.4) is 0 Å². The summed E-state index contributed by atoms with van der Waals surface area (Å²) < 4.78 is 11.1. The molecule has 0 spiro atoms. The van der Waals surface area contributed by atoms with E-state index >= 15 is 0 Å². The van der Waals surface area contributed by atoms with E-state index in [-0.39, 0.29) is 34.8 Å². The second kappa shape index (κ2) is 9.85. The highest BCUT2D eigenvalue weighted by atomic mass is 16.5. The lowest BCUT2D eigenvalue weighted by molar-refractivity contribution is -0.160. The molecule has 0 bridgehead atoms. The summed E-state index contributed by atoms with van der Waals surface area (Å²) >= 11 is 0. The SMILES string of the molecule is CC(=O)OCC1CC(OC(C)=O)CCC1(C)C1CCC2(C)C(c3ccccc3)=CCC2C1CN. The normalized spacial score (nSPS) is 37.4. The predicted octanol–water partition coefficient (Wildman–Crippen LogP) is 5.38. The third kappa shape index (κ3) is 4.56. The fourth-order valence-corrected chi connectivity index (χ4v) is 7.75. The third-order valence-electron chi connectivity index (χ3n) is 9.53. The Morgan fingerprint density at radius 1 is 1.03 bits per heavy atom. The average Bonchev–Trinajstić information content (AvgIpc) is 3.16. The Morgan fingerprint density at radius 2 is 1.76 bits per heavy atom. The van der Waals surface area contributed by atoms with Gasteiger partial charge >= 0.3 is 11.9 Å². The van der Waals surface area contributed by atoms with Gasteiger partial charge in [0.2, 0.25) is 0 Å². The van der Waals surface area contributed by atoms with Gasteiger partial charge in [0, 0.05) is 19.8 Å². The van der Waals surface area contributed by atoms with Crippen LogP contribution >= 0.6 is 0 Å². The number of fused-ring (bicyclic) bond motifs is 1. The molecule has 0 radical (unpaired) electrons. The van der Waals surface area contributed by atoms with Crippen molar-refractivity contribution in [2.24, 2.45) is 40.2 Å². The minimum Gasteiger partial charge on any atom is -0.466 e. The summed E-state index contributed by atoms with van der Waals surface area (Å²) in [6, 6.07) is 10.8. The van der Waals surface area contributed by atoms with Crippen molar-refractivity contribution in [3.63, 3.8) is 0 Å². The van der Waals surface area contributed by atoms with E-state index < -0.39 is 0 Å². The summed E-state index contributed by atoms with van der Waals surface area (Å²) in [6.45, 7) is 8.81. The summed E-state index contributed by atoms with van der Waals surface area (Å²) in [5.41, 5.74) is 9.49. The molecule has 0 heterocycles. The lowest BCUT2D eigenvalue weighted by atomic mass is 9.48. The molecule has 7 unspecified atom stereocenters. The summed E-state index contributed by atoms with van der Waals surface area (Å²) in [5.74, 6) is 1.04. The minimum absolute atomic E-state index is 0.00698. The van der Waals surface area contributed by atoms with Gasteiger partial charge in [-0.3, -0.25) is 9.59 Å². The molecule has 2 saturated carbocycles. The number of allylic oxidation sites excluding steroid dienone is 2. The van der Waals surface area contributed by atoms with Gasteiger partial charge in [0.1, 0.15) is 6.10 Å². The number of carbonyl (C=O) groups is 2. The van der Waals surface area contributed by atoms with Crippen LogP contribution < -0.4 is 5.73 Å². The van der Waals surface area contributed by atoms with Crippen LogP contribution in [0.15, 0.2) is 36.4 Å². The lowest BCUT2D eigenvalue weighted by Crippen LogP contribution is -2.53. The fraction of sp³-hybridized carbons (Fsp3) is 0.655. The molecule has 186 valence electrons. The van der Waals surface area contributed by atoms with Gasteiger partial charge < -0.3 is 15.2 Å². The summed E-state index contributed by atoms with van der Waals surface area (Å²) in [5, 5.41) is 0. The topological polar surface area (TPSA) is 78.6 Å². The molecule has 0 amide bonds. The van der Waals surface area contributed by atoms with Crippen molar-refractivity contribution in [3.05, 3.63) is 42.0 Å². The van der Waals surface area contributed by atoms with E-state index in [2.05, 4.69) is 50.3 Å². The number of ether oxygens (including phenoxy) is 2. The van der Waals surface area contributed by atoms with Crippen LogP contribution in [0.2, 0.25) is 0 Å². The first kappa shape index (κ1) is 25.0. The number of esters is 2. The molecule has 3 aliphatic carbocycles. The molecule has 7 atom stereocenters. The molecule has 1 aromatic rings. The molecule has 5 nitrogen and oxygen atoms in total. The lowest BCUT2D eigenvalue weighted by Gasteiger charge is -2.57. The van der Waals surface area contributed by atoms with Gasteiger partial charge in [-0.05, 0) is 84.8 Å². The van der Waals surface area contributed by atoms with Gasteiger partial charge in [0.15, 0.2) is 0 Å². The Morgan fingerprint density at radius 3 is 2.41 bits per heavy atom. The number of hydrogen-bond donors (Lipinski definition) is 1. The second-order valence-corrected chi connectivity index (χ2v) is 11.3. The van der Waals surface area contributed by atoms with Crippen LogP contribution in [0.5, 0.6) is 0 Å². The zero-order valence-electron chi connectivity index (χ0n) is 21.2. The van der Waals surface area contributed by atoms with Gasteiger partial charge in [0.25, 0.3) is 0 Å². The standard InChI is InChI=1S/C29H41NO4/c1-19(31)33-18-22-16-23(34-20(2)32)12-14-28(22,3)27-13-15-29(4)25(21-8-6-5-7-9-21)10-11-26(29)24(27)17-30/h5-10,22-24,26-27H,11-18,30H2,1-4H3. The second-order valence-electron chi connectivity index (χ2n) is 11.3. The molecule has 1 aromatic carbocycles. The molecule has 2 N–H and O–H groups in total. The van der Waals surface area contributed by atoms with Gasteiger partial charge in [0.05, 0.1) is 6.61 Å². The van der Waals surface area contributed by atoms with E-state index in [0.717, 1.165) is 38.5 Å². The van der Waals surface area contributed by atoms with E-state index in [9.17, 15) is 9.59 Å². The van der Waals surface area contributed by atoms with E-state index in [1.165, 1.54) is 25.0 Å². The number of rotatable bonds is 6. The van der Waals surface area contributed by atoms with Crippen LogP contribution in [-0.2, 0) is 19.1 Å². The Labute approximate surface area is 204 Å². The number of nitrogens with two attached hydrogens (primary N) is 1. The minimum atomic E-state index is -0.254. The first-order valence-electron chi connectivity index (χ1n) is 13.0. The molecular formula is C29H41NO4. The van der Waals surface area contributed by atoms with Crippen molar-refractivity contribution >= 4 is 17.5 Å². The number of benzene rings is 1. The van der Waals surface area contributed by atoms with Crippen molar-refractivity contribution in [2.45, 2.75) is 72.3 Å². The largest absolute Gasteiger partial charge is 0.466 e. The van der Waals surface area contributed by atoms with E-state index in [4.69, 9.17) is 15.2 Å². The quantitative estimate of drug-likeness (QED) is 0.568. The zero-order valence-corrected chi connectivity index (χ0v) is 21.2. The van der Waals surface area contributed by atoms with E-state index in [0.29, 0.717) is 30.9 Å². The Balaban J connectivity index is 1.59. The van der Waals surface area contributed by atoms with Crippen molar-refractivity contribution < 1.29 is 19.1 Å². The summed E-state index contributed by atoms with van der Waals surface area (Å²) in [6.07, 6.45) is 8.24. The Kier molecular flexibility index (Phi) is 7.23. The summed E-state index contributed by atoms with van der Waals surface area (Å²) in [4.78, 5) is 23.3. The number of hydrogen-bond acceptors (Lipinski definition) is 5. The third-order valence-corrected chi connectivity index (χ3v) is 9.53. The molecule has 0 aromatic heterocycles. The monoisotopic (exact) mass is 467 g/mol. The van der Waals surface area contributed by atoms with Crippen molar-refractivity contribution in [3.8, 4) is 0 Å². The maximum absolute atomic E-state index is 11.7. The highest BCUT2D eigenvalue weighted by Crippen LogP contribution is 2.63. The first-order chi connectivity index (χ1) is 16.2. The van der Waals surface area contributed by atoms with Gasteiger partial charge in [-0.15, -0.1) is 0 Å². The van der Waals surface area contributed by atoms with Gasteiger partial charge in [-0.25, -0.2) is 0 Å². The molecule has 0 aliphatic heterocycles. The maximum Gasteiger partial charge on any atom is 0.302 e. The maximum atomic E-state index is 11.7. The first-order valence-corrected chi connectivity index (χ1v) is 13.0. The smallest absolute Gasteiger partial charge is 0.302 e. The Bertz CT molecular complexity index is 927. The fourth-order valence-electron chi connectivity index (χ4n) is 7.75. The summed E-state index contributed by atoms with van der Waals surface area (Å²) in [7, 11) is 0. The van der Waals surface area contributed by atoms with Crippen molar-refractivity contribution in [1.82, 2.24) is 0 Å². The number of carbonyl (C=O) groups excluding carboxylic acids is 2. The zero-order chi connectivity index (χ0) is 24.5. The highest BCUT2D eigenvalue weighted by Gasteiger charge is 2.56. The highest BCUT2D eigenvalue weighted by molar-refractivity contribution is 5.73. The predicted molar refractivity (Wildman–Crippen MR) is 134 cm³/mol. The van der Waals surface area contributed by atoms with Crippen LogP contribution in [0.4, 0.5) is 0 Å². The molecule has 5 heteroatoms. The van der Waals surface area contributed by atoms with Crippen LogP contribution in [0.1, 0.15) is 71.8 Å². The van der Waals surface area contributed by atoms with Crippen LogP contribution in [0.25, 0.3) is 5.57 Å². The molecular weight excluding hydrogens is 426 g/mol. The van der Waals surface area contributed by atoms with Crippen molar-refractivity contribution in [2.75, 3.05) is 13.2 Å².